The van der Waals surface area contributed by atoms with Crippen molar-refractivity contribution < 1.29 is 29.1 Å². The van der Waals surface area contributed by atoms with Gasteiger partial charge in [-0.15, -0.1) is 0 Å². The van der Waals surface area contributed by atoms with Crippen LogP contribution in [-0.4, -0.2) is 44.6 Å². The Labute approximate surface area is 182 Å². The third-order valence-corrected chi connectivity index (χ3v) is 6.43. The Bertz CT molecular complexity index is 1000. The van der Waals surface area contributed by atoms with Crippen molar-refractivity contribution in [2.24, 2.45) is 5.41 Å². The van der Waals surface area contributed by atoms with Crippen LogP contribution in [0.4, 0.5) is 4.79 Å². The van der Waals surface area contributed by atoms with Crippen LogP contribution in [0.1, 0.15) is 39.7 Å². The minimum atomic E-state index is -1.51. The summed E-state index contributed by atoms with van der Waals surface area (Å²) in [5.41, 5.74) is -0.0750. The predicted molar refractivity (Wildman–Crippen MR) is 116 cm³/mol. The maximum Gasteiger partial charge on any atom is 0.524 e. The maximum absolute atomic E-state index is 12.7. The van der Waals surface area contributed by atoms with Crippen LogP contribution in [0.25, 0.3) is 0 Å². The van der Waals surface area contributed by atoms with Gasteiger partial charge in [0, 0.05) is 6.08 Å². The topological polar surface area (TPSA) is 104 Å². The summed E-state index contributed by atoms with van der Waals surface area (Å²) in [7, 11) is 0. The molecule has 3 atom stereocenters. The molecule has 2 heterocycles. The van der Waals surface area contributed by atoms with Crippen molar-refractivity contribution in [3.63, 3.8) is 0 Å². The summed E-state index contributed by atoms with van der Waals surface area (Å²) in [4.78, 5) is 37.4. The molecule has 2 aliphatic rings. The van der Waals surface area contributed by atoms with E-state index in [1.54, 1.807) is 18.4 Å². The highest BCUT2D eigenvalue weighted by atomic mass is 16.4. The van der Waals surface area contributed by atoms with Gasteiger partial charge in [0.25, 0.3) is 0 Å². The summed E-state index contributed by atoms with van der Waals surface area (Å²) in [5.74, 6) is -1.11. The second-order valence-corrected chi connectivity index (χ2v) is 8.97. The number of carbonyl (C=O) groups is 3. The lowest BCUT2D eigenvalue weighted by molar-refractivity contribution is -0.813. The zero-order valence-electron chi connectivity index (χ0n) is 18.3. The summed E-state index contributed by atoms with van der Waals surface area (Å²) in [6.07, 6.45) is 4.98. The Balaban J connectivity index is 2.26. The van der Waals surface area contributed by atoms with E-state index < -0.39 is 33.5 Å². The van der Waals surface area contributed by atoms with Crippen LogP contribution in [0.2, 0.25) is 0 Å². The molecule has 7 nitrogen and oxygen atoms in total. The van der Waals surface area contributed by atoms with E-state index in [0.717, 1.165) is 5.56 Å². The lowest BCUT2D eigenvalue weighted by atomic mass is 9.70. The number of carboxylic acid groups (broad SMARTS) is 2. The highest BCUT2D eigenvalue weighted by Crippen LogP contribution is 2.49. The number of hydrogen-bond donors (Lipinski definition) is 3. The minimum Gasteiger partial charge on any atom is -0.481 e. The molecular formula is C24H29N2O5+. The van der Waals surface area contributed by atoms with Crippen molar-refractivity contribution in [1.82, 2.24) is 5.32 Å². The van der Waals surface area contributed by atoms with E-state index >= 15 is 0 Å². The van der Waals surface area contributed by atoms with E-state index in [1.807, 2.05) is 58.0 Å². The normalized spacial score (nSPS) is 27.7. The summed E-state index contributed by atoms with van der Waals surface area (Å²) < 4.78 is -0.495. The highest BCUT2D eigenvalue weighted by molar-refractivity contribution is 5.88. The summed E-state index contributed by atoms with van der Waals surface area (Å²) >= 11 is 0. The van der Waals surface area contributed by atoms with Crippen molar-refractivity contribution >= 4 is 18.3 Å². The number of aldehydes is 1. The summed E-state index contributed by atoms with van der Waals surface area (Å²) in [6.45, 7) is 7.29. The molecule has 0 spiro atoms. The molecule has 0 bridgehead atoms. The van der Waals surface area contributed by atoms with Crippen LogP contribution in [0, 0.1) is 5.41 Å². The van der Waals surface area contributed by atoms with Gasteiger partial charge in [-0.1, -0.05) is 37.3 Å². The molecule has 0 fully saturated rings. The fraction of sp³-hybridized carbons (Fsp3) is 0.375. The molecule has 0 saturated heterocycles. The molecule has 3 unspecified atom stereocenters. The molecule has 3 rings (SSSR count). The van der Waals surface area contributed by atoms with E-state index in [-0.39, 0.29) is 6.42 Å². The Morgan fingerprint density at radius 3 is 2.32 bits per heavy atom. The number of allylic oxidation sites excluding steroid dienone is 2. The van der Waals surface area contributed by atoms with E-state index in [0.29, 0.717) is 29.7 Å². The van der Waals surface area contributed by atoms with Gasteiger partial charge in [-0.3, -0.25) is 4.79 Å². The van der Waals surface area contributed by atoms with Crippen molar-refractivity contribution in [2.75, 3.05) is 0 Å². The van der Waals surface area contributed by atoms with E-state index in [4.69, 9.17) is 0 Å². The molecule has 1 amide bonds. The second-order valence-electron chi connectivity index (χ2n) is 8.97. The first kappa shape index (κ1) is 22.5. The number of nitrogens with zero attached hydrogens (tertiary/aromatic N) is 1. The molecular weight excluding hydrogens is 396 g/mol. The Morgan fingerprint density at radius 1 is 1.19 bits per heavy atom. The third kappa shape index (κ3) is 3.20. The Morgan fingerprint density at radius 2 is 1.84 bits per heavy atom. The lowest BCUT2D eigenvalue weighted by Crippen LogP contribution is -2.58. The standard InChI is InChI=1S/C24H28N2O5/c1-5-17-20(18-12-9-13-26(18,22(30)31)23(2,3)4)25-19(15-27)24(17,21(28)29)14-16-10-7-6-8-11-16/h6-13,15,19,25H,5,14H2,1-4H3,(H-,28,29,30,31)/p+1. The molecule has 0 aromatic heterocycles. The summed E-state index contributed by atoms with van der Waals surface area (Å²) in [5, 5.41) is 23.7. The minimum absolute atomic E-state index is 0.121. The van der Waals surface area contributed by atoms with E-state index in [2.05, 4.69) is 5.32 Å². The molecule has 164 valence electrons. The number of amides is 1. The van der Waals surface area contributed by atoms with Gasteiger partial charge in [0.2, 0.25) is 0 Å². The predicted octanol–water partition coefficient (Wildman–Crippen LogP) is 3.84. The number of hydrogen-bond acceptors (Lipinski definition) is 4. The Kier molecular flexibility index (Phi) is 5.67. The van der Waals surface area contributed by atoms with Gasteiger partial charge in [-0.2, -0.15) is 9.28 Å². The molecule has 0 radical (unpaired) electrons. The SMILES string of the molecule is CCC1=C(C2=CC=C[N+]2(C(=O)O)C(C)(C)C)NC(C=O)C1(Cc1ccccc1)C(=O)O. The zero-order chi connectivity index (χ0) is 23.0. The fourth-order valence-electron chi connectivity index (χ4n) is 4.88. The lowest BCUT2D eigenvalue weighted by Gasteiger charge is -2.40. The average molecular weight is 426 g/mol. The van der Waals surface area contributed by atoms with Gasteiger partial charge in [-0.25, -0.2) is 0 Å². The highest BCUT2D eigenvalue weighted by Gasteiger charge is 2.60. The van der Waals surface area contributed by atoms with Crippen LogP contribution in [0.3, 0.4) is 0 Å². The number of quaternary nitrogens is 1. The first-order chi connectivity index (χ1) is 14.6. The van der Waals surface area contributed by atoms with Crippen LogP contribution in [-0.2, 0) is 16.0 Å². The average Bonchev–Trinajstić information content (AvgIpc) is 3.28. The van der Waals surface area contributed by atoms with Gasteiger partial charge in [0.05, 0.1) is 5.70 Å². The fourth-order valence-corrected chi connectivity index (χ4v) is 4.88. The molecule has 0 saturated carbocycles. The molecule has 7 heteroatoms. The van der Waals surface area contributed by atoms with Crippen molar-refractivity contribution in [3.05, 3.63) is 71.2 Å². The summed E-state index contributed by atoms with van der Waals surface area (Å²) in [6, 6.07) is 8.15. The number of carbonyl (C=O) groups excluding carboxylic acids is 1. The molecule has 2 aliphatic heterocycles. The maximum atomic E-state index is 12.7. The van der Waals surface area contributed by atoms with E-state index in [1.165, 1.54) is 0 Å². The number of rotatable bonds is 6. The van der Waals surface area contributed by atoms with Crippen LogP contribution < -0.4 is 5.32 Å². The van der Waals surface area contributed by atoms with Crippen LogP contribution in [0.15, 0.2) is 65.7 Å². The molecule has 31 heavy (non-hydrogen) atoms. The molecule has 1 aromatic carbocycles. The molecule has 1 aromatic rings. The zero-order valence-corrected chi connectivity index (χ0v) is 18.3. The number of carboxylic acids is 1. The van der Waals surface area contributed by atoms with Crippen molar-refractivity contribution in [2.45, 2.75) is 52.1 Å². The smallest absolute Gasteiger partial charge is 0.481 e. The van der Waals surface area contributed by atoms with Gasteiger partial charge < -0.3 is 20.3 Å². The third-order valence-electron chi connectivity index (χ3n) is 6.43. The molecule has 0 aliphatic carbocycles. The number of nitrogens with one attached hydrogen (secondary N) is 1. The number of aliphatic carboxylic acids is 1. The van der Waals surface area contributed by atoms with Gasteiger partial charge >= 0.3 is 12.1 Å². The quantitative estimate of drug-likeness (QED) is 0.473. The second kappa shape index (κ2) is 7.81. The van der Waals surface area contributed by atoms with Crippen LogP contribution >= 0.6 is 0 Å². The first-order valence-corrected chi connectivity index (χ1v) is 10.3. The van der Waals surface area contributed by atoms with Crippen molar-refractivity contribution in [3.8, 4) is 0 Å². The number of benzene rings is 1. The van der Waals surface area contributed by atoms with Crippen LogP contribution in [0.5, 0.6) is 0 Å². The largest absolute Gasteiger partial charge is 0.524 e. The van der Waals surface area contributed by atoms with Gasteiger partial charge in [-0.05, 0) is 50.8 Å². The van der Waals surface area contributed by atoms with Crippen molar-refractivity contribution in [1.29, 1.82) is 0 Å². The van der Waals surface area contributed by atoms with E-state index in [9.17, 15) is 24.6 Å². The van der Waals surface area contributed by atoms with Gasteiger partial charge in [0.1, 0.15) is 29.5 Å². The monoisotopic (exact) mass is 425 g/mol. The first-order valence-electron chi connectivity index (χ1n) is 10.3. The van der Waals surface area contributed by atoms with Gasteiger partial charge in [0.15, 0.2) is 5.70 Å². The molecule has 3 N–H and O–H groups in total. The Hall–Kier alpha value is -3.19.